The predicted molar refractivity (Wildman–Crippen MR) is 217 cm³/mol. The molecule has 0 aliphatic carbocycles. The standard InChI is InChI=1S/C22H25F3N6O4.C18H23N5O2/c1-4-8-34-15-9-17(35-16(15)11-32)31-10-14(6-5-7-26-21(33)22(23,24)25)18-19(29-13-30(2)3)27-12-28-20(18)31;1-3-8-24-14-9-15(25-13(14)4-2)23-10-12(6-5-7-19)16-17(20)21-11-22-18(16)23/h4,10,12-13,15-17,32H,1,7-9,11H2,2-3H3,(H,26,33);3,10-11,13-15H,1,4,7-9,19H2,2H3,(H2,20,21,22). The number of fused-ring (bicyclic) bond motifs is 2. The van der Waals surface area contributed by atoms with Crippen LogP contribution in [0.25, 0.3) is 22.1 Å². The van der Waals surface area contributed by atoms with Crippen molar-refractivity contribution in [1.82, 2.24) is 39.3 Å². The maximum absolute atomic E-state index is 12.4. The number of aliphatic hydroxyl groups excluding tert-OH is 1. The normalized spacial score (nSPS) is 21.2. The van der Waals surface area contributed by atoms with Gasteiger partial charge in [-0.05, 0) is 6.42 Å². The van der Waals surface area contributed by atoms with E-state index in [-0.39, 0.29) is 44.3 Å². The topological polar surface area (TPSA) is 215 Å². The summed E-state index contributed by atoms with van der Waals surface area (Å²) in [4.78, 5) is 34.1. The van der Waals surface area contributed by atoms with Gasteiger partial charge in [0.15, 0.2) is 5.82 Å². The highest BCUT2D eigenvalue weighted by atomic mass is 19.4. The van der Waals surface area contributed by atoms with E-state index in [0.29, 0.717) is 46.9 Å². The van der Waals surface area contributed by atoms with Crippen molar-refractivity contribution >= 4 is 45.9 Å². The Labute approximate surface area is 344 Å². The third kappa shape index (κ3) is 10.8. The van der Waals surface area contributed by atoms with Crippen LogP contribution in [-0.2, 0) is 23.7 Å². The Bertz CT molecular complexity index is 2290. The number of nitrogens with two attached hydrogens (primary N) is 2. The van der Waals surface area contributed by atoms with E-state index in [2.05, 4.69) is 68.7 Å². The molecule has 6 rings (SSSR count). The summed E-state index contributed by atoms with van der Waals surface area (Å²) in [5, 5.41) is 12.6. The van der Waals surface area contributed by atoms with Gasteiger partial charge in [-0.1, -0.05) is 42.8 Å². The lowest BCUT2D eigenvalue weighted by Gasteiger charge is -2.16. The molecule has 0 radical (unpaired) electrons. The Balaban J connectivity index is 0.000000240. The number of nitrogen functional groups attached to an aromatic ring is 1. The fourth-order valence-electron chi connectivity index (χ4n) is 6.59. The molecule has 0 bridgehead atoms. The van der Waals surface area contributed by atoms with Gasteiger partial charge >= 0.3 is 12.1 Å². The zero-order valence-corrected chi connectivity index (χ0v) is 33.4. The van der Waals surface area contributed by atoms with Gasteiger partial charge in [0.2, 0.25) is 0 Å². The third-order valence-electron chi connectivity index (χ3n) is 9.20. The average Bonchev–Trinajstić information content (AvgIpc) is 4.02. The van der Waals surface area contributed by atoms with Crippen molar-refractivity contribution < 1.29 is 42.0 Å². The number of hydrogen-bond acceptors (Lipinski definition) is 13. The Kier molecular flexibility index (Phi) is 15.7. The van der Waals surface area contributed by atoms with Crippen LogP contribution < -0.4 is 16.8 Å². The minimum Gasteiger partial charge on any atom is -0.394 e. The molecule has 2 aliphatic heterocycles. The molecule has 320 valence electrons. The van der Waals surface area contributed by atoms with E-state index in [1.807, 2.05) is 10.8 Å². The molecule has 6 unspecified atom stereocenters. The Hall–Kier alpha value is -5.87. The molecule has 2 fully saturated rings. The van der Waals surface area contributed by atoms with E-state index in [0.717, 1.165) is 23.8 Å². The molecule has 2 saturated heterocycles. The molecule has 17 nitrogen and oxygen atoms in total. The van der Waals surface area contributed by atoms with Crippen molar-refractivity contribution in [2.45, 2.75) is 69.2 Å². The van der Waals surface area contributed by atoms with Crippen molar-refractivity contribution in [3.63, 3.8) is 0 Å². The number of aliphatic imine (C=N–C) groups is 1. The van der Waals surface area contributed by atoms with Gasteiger partial charge in [-0.2, -0.15) is 13.2 Å². The van der Waals surface area contributed by atoms with Crippen LogP contribution in [0.15, 0.2) is 55.4 Å². The van der Waals surface area contributed by atoms with Crippen LogP contribution in [0.2, 0.25) is 0 Å². The SMILES string of the molecule is C=CCOC1CC(n2cc(C#CCN)c3c(N)ncnc32)OC1CC.C=CCOC1CC(n2cc(C#CCNC(=O)C(F)(F)F)c3c(N=CN(C)C)ncnc32)OC1CO. The monoisotopic (exact) mass is 835 g/mol. The third-order valence-corrected chi connectivity index (χ3v) is 9.20. The summed E-state index contributed by atoms with van der Waals surface area (Å²) in [5.41, 5.74) is 13.8. The van der Waals surface area contributed by atoms with E-state index in [1.165, 1.54) is 19.0 Å². The zero-order chi connectivity index (χ0) is 43.4. The Morgan fingerprint density at radius 3 is 2.12 bits per heavy atom. The predicted octanol–water partition coefficient (Wildman–Crippen LogP) is 3.13. The zero-order valence-electron chi connectivity index (χ0n) is 33.4. The summed E-state index contributed by atoms with van der Waals surface area (Å²) in [7, 11) is 3.56. The van der Waals surface area contributed by atoms with Crippen LogP contribution in [0.5, 0.6) is 0 Å². The number of amides is 1. The minimum absolute atomic E-state index is 0.0169. The maximum atomic E-state index is 12.4. The number of nitrogens with one attached hydrogen (secondary N) is 1. The highest BCUT2D eigenvalue weighted by Gasteiger charge is 2.39. The first-order valence-electron chi connectivity index (χ1n) is 18.9. The highest BCUT2D eigenvalue weighted by Crippen LogP contribution is 2.38. The molecule has 0 spiro atoms. The second kappa shape index (κ2) is 20.9. The molecule has 2 aliphatic rings. The number of ether oxygens (including phenoxy) is 4. The Morgan fingerprint density at radius 1 is 0.983 bits per heavy atom. The van der Waals surface area contributed by atoms with E-state index < -0.39 is 31.0 Å². The van der Waals surface area contributed by atoms with Crippen LogP contribution in [0.3, 0.4) is 0 Å². The molecule has 6 N–H and O–H groups in total. The van der Waals surface area contributed by atoms with Crippen molar-refractivity contribution in [2.75, 3.05) is 52.7 Å². The first kappa shape index (κ1) is 45.2. The summed E-state index contributed by atoms with van der Waals surface area (Å²) in [6.45, 7) is 9.71. The molecule has 4 aromatic heterocycles. The van der Waals surface area contributed by atoms with Gasteiger partial charge in [-0.3, -0.25) is 4.79 Å². The van der Waals surface area contributed by atoms with Crippen molar-refractivity contribution in [3.8, 4) is 23.7 Å². The quantitative estimate of drug-likeness (QED) is 0.0660. The molecule has 4 aromatic rings. The number of carbonyl (C=O) groups excluding carboxylic acids is 1. The van der Waals surface area contributed by atoms with Crippen LogP contribution >= 0.6 is 0 Å². The summed E-state index contributed by atoms with van der Waals surface area (Å²) in [6.07, 6.45) is 6.53. The smallest absolute Gasteiger partial charge is 0.394 e. The number of anilines is 1. The molecular formula is C40H48F3N11O6. The van der Waals surface area contributed by atoms with Gasteiger partial charge < -0.3 is 54.9 Å². The fourth-order valence-corrected chi connectivity index (χ4v) is 6.59. The second-order valence-electron chi connectivity index (χ2n) is 13.6. The van der Waals surface area contributed by atoms with Crippen LogP contribution in [-0.4, -0.2) is 129 Å². The maximum Gasteiger partial charge on any atom is 0.471 e. The van der Waals surface area contributed by atoms with Gasteiger partial charge in [0.1, 0.15) is 48.3 Å². The highest BCUT2D eigenvalue weighted by molar-refractivity contribution is 5.94. The lowest BCUT2D eigenvalue weighted by Crippen LogP contribution is -2.36. The van der Waals surface area contributed by atoms with Gasteiger partial charge in [0.25, 0.3) is 0 Å². The number of hydrogen-bond donors (Lipinski definition) is 4. The Morgan fingerprint density at radius 2 is 1.55 bits per heavy atom. The summed E-state index contributed by atoms with van der Waals surface area (Å²) < 4.78 is 64.6. The van der Waals surface area contributed by atoms with E-state index in [9.17, 15) is 23.1 Å². The van der Waals surface area contributed by atoms with E-state index in [4.69, 9.17) is 30.4 Å². The number of nitrogens with zero attached hydrogens (tertiary/aromatic N) is 8. The molecule has 0 aromatic carbocycles. The van der Waals surface area contributed by atoms with Crippen LogP contribution in [0, 0.1) is 23.7 Å². The van der Waals surface area contributed by atoms with Gasteiger partial charge in [-0.15, -0.1) is 13.2 Å². The lowest BCUT2D eigenvalue weighted by molar-refractivity contribution is -0.173. The molecule has 6 atom stereocenters. The summed E-state index contributed by atoms with van der Waals surface area (Å²) in [5.74, 6) is 9.81. The second-order valence-corrected chi connectivity index (χ2v) is 13.6. The number of halogens is 3. The first-order valence-corrected chi connectivity index (χ1v) is 18.9. The minimum atomic E-state index is -4.99. The number of aliphatic hydroxyl groups is 1. The largest absolute Gasteiger partial charge is 0.471 e. The van der Waals surface area contributed by atoms with E-state index in [1.54, 1.807) is 47.2 Å². The molecule has 60 heavy (non-hydrogen) atoms. The molecule has 0 saturated carbocycles. The lowest BCUT2D eigenvalue weighted by atomic mass is 10.1. The molecule has 1 amide bonds. The van der Waals surface area contributed by atoms with E-state index >= 15 is 0 Å². The first-order chi connectivity index (χ1) is 28.8. The van der Waals surface area contributed by atoms with Gasteiger partial charge in [0.05, 0.1) is 79.5 Å². The number of alkyl halides is 3. The van der Waals surface area contributed by atoms with Gasteiger partial charge in [-0.25, -0.2) is 24.9 Å². The summed E-state index contributed by atoms with van der Waals surface area (Å²) >= 11 is 0. The van der Waals surface area contributed by atoms with Crippen molar-refractivity contribution in [2.24, 2.45) is 10.7 Å². The summed E-state index contributed by atoms with van der Waals surface area (Å²) in [6, 6.07) is 0. The average molecular weight is 836 g/mol. The van der Waals surface area contributed by atoms with Crippen molar-refractivity contribution in [1.29, 1.82) is 0 Å². The number of rotatable bonds is 13. The van der Waals surface area contributed by atoms with Crippen LogP contribution in [0.1, 0.15) is 49.8 Å². The molecular weight excluding hydrogens is 788 g/mol. The number of carbonyl (C=O) groups is 1. The molecule has 6 heterocycles. The molecule has 20 heteroatoms. The van der Waals surface area contributed by atoms with Crippen molar-refractivity contribution in [3.05, 3.63) is 61.5 Å². The number of aromatic nitrogens is 6. The van der Waals surface area contributed by atoms with Crippen LogP contribution in [0.4, 0.5) is 24.8 Å². The van der Waals surface area contributed by atoms with Gasteiger partial charge in [0, 0.05) is 39.3 Å². The fraction of sp³-hybridized carbons (Fsp3) is 0.450.